The van der Waals surface area contributed by atoms with Crippen LogP contribution in [0.15, 0.2) is 29.2 Å². The van der Waals surface area contributed by atoms with Crippen molar-refractivity contribution in [2.24, 2.45) is 0 Å². The van der Waals surface area contributed by atoms with Crippen molar-refractivity contribution >= 4 is 11.6 Å². The topological polar surface area (TPSA) is 88.3 Å². The maximum absolute atomic E-state index is 12.7. The lowest BCUT2D eigenvalue weighted by molar-refractivity contribution is 0.0705. The van der Waals surface area contributed by atoms with Crippen LogP contribution in [0.1, 0.15) is 47.6 Å². The predicted molar refractivity (Wildman–Crippen MR) is 96.3 cm³/mol. The highest BCUT2D eigenvalue weighted by Gasteiger charge is 2.27. The molecule has 0 saturated carbocycles. The first-order valence-corrected chi connectivity index (χ1v) is 8.97. The number of amides is 1. The van der Waals surface area contributed by atoms with E-state index in [1.54, 1.807) is 18.3 Å². The molecule has 0 aliphatic carbocycles. The summed E-state index contributed by atoms with van der Waals surface area (Å²) in [6, 6.07) is 5.23. The highest BCUT2D eigenvalue weighted by molar-refractivity contribution is 5.92. The van der Waals surface area contributed by atoms with Crippen LogP contribution in [0.25, 0.3) is 5.65 Å². The minimum Gasteiger partial charge on any atom is -0.337 e. The van der Waals surface area contributed by atoms with Crippen LogP contribution in [-0.4, -0.2) is 48.3 Å². The second-order valence-electron chi connectivity index (χ2n) is 6.73. The highest BCUT2D eigenvalue weighted by atomic mass is 16.2. The van der Waals surface area contributed by atoms with E-state index < -0.39 is 0 Å². The van der Waals surface area contributed by atoms with Gasteiger partial charge in [0.25, 0.3) is 11.5 Å². The van der Waals surface area contributed by atoms with Gasteiger partial charge in [-0.25, -0.2) is 9.50 Å². The third kappa shape index (κ3) is 2.81. The zero-order valence-electron chi connectivity index (χ0n) is 15.0. The highest BCUT2D eigenvalue weighted by Crippen LogP contribution is 2.27. The van der Waals surface area contributed by atoms with Crippen LogP contribution in [0.2, 0.25) is 0 Å². The van der Waals surface area contributed by atoms with Gasteiger partial charge in [-0.3, -0.25) is 19.4 Å². The van der Waals surface area contributed by atoms with Gasteiger partial charge in [0.15, 0.2) is 11.3 Å². The molecule has 0 bridgehead atoms. The van der Waals surface area contributed by atoms with Gasteiger partial charge < -0.3 is 4.90 Å². The molecular weight excluding hydrogens is 332 g/mol. The van der Waals surface area contributed by atoms with Gasteiger partial charge in [-0.05, 0) is 32.8 Å². The van der Waals surface area contributed by atoms with Gasteiger partial charge in [0, 0.05) is 49.6 Å². The first kappa shape index (κ1) is 16.6. The number of likely N-dealkylation sites (tertiary alicyclic amines) is 1. The summed E-state index contributed by atoms with van der Waals surface area (Å²) in [6.45, 7) is 6.02. The molecule has 0 radical (unpaired) electrons. The summed E-state index contributed by atoms with van der Waals surface area (Å²) in [5, 5.41) is 7.24. The number of nitrogens with zero attached hydrogens (tertiary/aromatic N) is 5. The van der Waals surface area contributed by atoms with Gasteiger partial charge in [-0.15, -0.1) is 0 Å². The summed E-state index contributed by atoms with van der Waals surface area (Å²) in [5.41, 5.74) is 2.84. The third-order valence-electron chi connectivity index (χ3n) is 5.10. The second kappa shape index (κ2) is 6.44. The quantitative estimate of drug-likeness (QED) is 0.773. The fourth-order valence-corrected chi connectivity index (χ4v) is 3.63. The predicted octanol–water partition coefficient (Wildman–Crippen LogP) is 1.57. The lowest BCUT2D eigenvalue weighted by Gasteiger charge is -2.31. The molecule has 1 aliphatic rings. The van der Waals surface area contributed by atoms with Gasteiger partial charge in [-0.1, -0.05) is 0 Å². The molecule has 1 amide bonds. The van der Waals surface area contributed by atoms with Gasteiger partial charge >= 0.3 is 0 Å². The van der Waals surface area contributed by atoms with Gasteiger partial charge in [0.05, 0.1) is 5.69 Å². The van der Waals surface area contributed by atoms with Crippen LogP contribution in [0, 0.1) is 6.92 Å². The molecule has 1 N–H and O–H groups in total. The number of aryl methyl sites for hydroxylation is 2. The van der Waals surface area contributed by atoms with E-state index in [4.69, 9.17) is 0 Å². The van der Waals surface area contributed by atoms with E-state index in [-0.39, 0.29) is 17.4 Å². The Labute approximate surface area is 150 Å². The molecule has 4 rings (SSSR count). The first-order valence-electron chi connectivity index (χ1n) is 8.97. The van der Waals surface area contributed by atoms with Crippen molar-refractivity contribution in [3.63, 3.8) is 0 Å². The molecule has 0 atom stereocenters. The van der Waals surface area contributed by atoms with Crippen molar-refractivity contribution in [3.05, 3.63) is 51.8 Å². The lowest BCUT2D eigenvalue weighted by Crippen LogP contribution is -2.38. The van der Waals surface area contributed by atoms with E-state index in [1.807, 2.05) is 29.5 Å². The number of fused-ring (bicyclic) bond motifs is 1. The normalized spacial score (nSPS) is 15.7. The number of carbonyl (C=O) groups is 1. The molecule has 26 heavy (non-hydrogen) atoms. The molecule has 1 fully saturated rings. The van der Waals surface area contributed by atoms with Crippen molar-refractivity contribution in [2.45, 2.75) is 39.2 Å². The summed E-state index contributed by atoms with van der Waals surface area (Å²) < 4.78 is 3.26. The van der Waals surface area contributed by atoms with E-state index >= 15 is 0 Å². The largest absolute Gasteiger partial charge is 0.337 e. The van der Waals surface area contributed by atoms with Gasteiger partial charge in [0.2, 0.25) is 0 Å². The average molecular weight is 354 g/mol. The van der Waals surface area contributed by atoms with E-state index in [1.165, 1.54) is 4.52 Å². The van der Waals surface area contributed by atoms with Crippen molar-refractivity contribution < 1.29 is 4.79 Å². The fraction of sp³-hybridized carbons (Fsp3) is 0.444. The summed E-state index contributed by atoms with van der Waals surface area (Å²) in [5.74, 6) is 0.175. The molecule has 8 heteroatoms. The van der Waals surface area contributed by atoms with E-state index in [0.29, 0.717) is 24.4 Å². The summed E-state index contributed by atoms with van der Waals surface area (Å²) in [6.07, 6.45) is 3.30. The third-order valence-corrected chi connectivity index (χ3v) is 5.10. The molecule has 0 aromatic carbocycles. The summed E-state index contributed by atoms with van der Waals surface area (Å²) >= 11 is 0. The Hall–Kier alpha value is -2.90. The molecule has 0 unspecified atom stereocenters. The molecule has 1 saturated heterocycles. The number of hydrogen-bond donors (Lipinski definition) is 1. The Morgan fingerprint density at radius 2 is 2.08 bits per heavy atom. The second-order valence-corrected chi connectivity index (χ2v) is 6.73. The van der Waals surface area contributed by atoms with Crippen molar-refractivity contribution in [1.82, 2.24) is 29.3 Å². The van der Waals surface area contributed by atoms with E-state index in [9.17, 15) is 9.59 Å². The Balaban J connectivity index is 1.47. The number of aromatic nitrogens is 5. The summed E-state index contributed by atoms with van der Waals surface area (Å²) in [7, 11) is 0. The number of H-pyrrole nitrogens is 1. The molecule has 1 aliphatic heterocycles. The number of carbonyl (C=O) groups excluding carboxylic acids is 1. The molecule has 136 valence electrons. The fourth-order valence-electron chi connectivity index (χ4n) is 3.63. The average Bonchev–Trinajstić information content (AvgIpc) is 3.27. The Kier molecular flexibility index (Phi) is 4.10. The molecule has 0 spiro atoms. The maximum Gasteiger partial charge on any atom is 0.274 e. The van der Waals surface area contributed by atoms with Gasteiger partial charge in [0.1, 0.15) is 0 Å². The number of piperidine rings is 1. The minimum absolute atomic E-state index is 0.0205. The van der Waals surface area contributed by atoms with E-state index in [0.717, 1.165) is 30.8 Å². The van der Waals surface area contributed by atoms with Crippen LogP contribution in [0.4, 0.5) is 0 Å². The number of nitrogens with one attached hydrogen (secondary N) is 1. The number of hydrogen-bond acceptors (Lipinski definition) is 4. The molecule has 3 aromatic heterocycles. The Bertz CT molecular complexity index is 1010. The Morgan fingerprint density at radius 3 is 2.77 bits per heavy atom. The molecule has 3 aromatic rings. The minimum atomic E-state index is -0.103. The van der Waals surface area contributed by atoms with Gasteiger partial charge in [-0.2, -0.15) is 5.10 Å². The standard InChI is InChI=1S/C18H22N6O2/c1-3-23-12(2)10-15(21-23)18(26)22-8-5-13(6-9-22)14-11-17(25)24-16(20-14)4-7-19-24/h4,7,10-11,13,19H,3,5-6,8-9H2,1-2H3. The molecule has 8 nitrogen and oxygen atoms in total. The maximum atomic E-state index is 12.7. The molecule has 4 heterocycles. The van der Waals surface area contributed by atoms with Crippen molar-refractivity contribution in [2.75, 3.05) is 13.1 Å². The van der Waals surface area contributed by atoms with Crippen LogP contribution in [0.3, 0.4) is 0 Å². The smallest absolute Gasteiger partial charge is 0.274 e. The Morgan fingerprint density at radius 1 is 1.31 bits per heavy atom. The van der Waals surface area contributed by atoms with E-state index in [2.05, 4.69) is 15.2 Å². The van der Waals surface area contributed by atoms with Crippen LogP contribution >= 0.6 is 0 Å². The summed E-state index contributed by atoms with van der Waals surface area (Å²) in [4.78, 5) is 31.3. The van der Waals surface area contributed by atoms with Crippen LogP contribution < -0.4 is 5.56 Å². The SMILES string of the molecule is CCn1nc(C(=O)N2CCC(c3cc(=O)n4[nH]ccc4n3)CC2)cc1C. The van der Waals surface area contributed by atoms with Crippen molar-refractivity contribution in [1.29, 1.82) is 0 Å². The van der Waals surface area contributed by atoms with Crippen molar-refractivity contribution in [3.8, 4) is 0 Å². The monoisotopic (exact) mass is 354 g/mol. The van der Waals surface area contributed by atoms with Crippen LogP contribution in [-0.2, 0) is 6.54 Å². The zero-order valence-corrected chi connectivity index (χ0v) is 15.0. The number of rotatable bonds is 3. The first-order chi connectivity index (χ1) is 12.6. The zero-order chi connectivity index (χ0) is 18.3. The van der Waals surface area contributed by atoms with Crippen LogP contribution in [0.5, 0.6) is 0 Å². The number of aromatic amines is 1. The lowest BCUT2D eigenvalue weighted by atomic mass is 9.93. The molecular formula is C18H22N6O2.